The molecule has 0 aliphatic carbocycles. The number of carbonyl (C=O) groups is 1. The van der Waals surface area contributed by atoms with Crippen molar-refractivity contribution in [3.8, 4) is 5.88 Å². The Bertz CT molecular complexity index is 696. The minimum atomic E-state index is -0.520. The van der Waals surface area contributed by atoms with Crippen LogP contribution in [-0.4, -0.2) is 40.9 Å². The maximum Gasteiger partial charge on any atom is 0.229 e. The molecule has 1 saturated heterocycles. The third-order valence-electron chi connectivity index (χ3n) is 3.91. The molecule has 1 amide bonds. The molecule has 1 aromatic heterocycles. The molecule has 0 bridgehead atoms. The van der Waals surface area contributed by atoms with E-state index in [1.54, 1.807) is 4.90 Å². The number of para-hydroxylation sites is 1. The number of nitrogens with zero attached hydrogens (tertiary/aromatic N) is 2. The molecule has 0 N–H and O–H groups in total. The number of rotatable bonds is 4. The number of carbonyl (C=O) groups excluding carboxylic acids is 1. The van der Waals surface area contributed by atoms with Crippen molar-refractivity contribution in [3.63, 3.8) is 0 Å². The lowest BCUT2D eigenvalue weighted by Crippen LogP contribution is -2.59. The molecule has 1 fully saturated rings. The highest BCUT2D eigenvalue weighted by atomic mass is 35.5. The molecule has 0 atom stereocenters. The maximum absolute atomic E-state index is 12.2. The molecule has 0 spiro atoms. The topological polar surface area (TPSA) is 42.4 Å². The fourth-order valence-electron chi connectivity index (χ4n) is 2.45. The Balaban J connectivity index is 1.60. The first-order valence-corrected chi connectivity index (χ1v) is 7.91. The number of fused-ring (bicyclic) bond motifs is 1. The zero-order valence-corrected chi connectivity index (χ0v) is 13.5. The Labute approximate surface area is 135 Å². The minimum Gasteiger partial charge on any atom is -0.471 e. The molecular formula is C17H19ClN2O2. The first-order valence-electron chi connectivity index (χ1n) is 7.37. The molecule has 0 saturated carbocycles. The van der Waals surface area contributed by atoms with Gasteiger partial charge < -0.3 is 9.64 Å². The fraction of sp³-hybridized carbons (Fsp3) is 0.412. The summed E-state index contributed by atoms with van der Waals surface area (Å²) in [7, 11) is 0. The van der Waals surface area contributed by atoms with Gasteiger partial charge in [-0.2, -0.15) is 0 Å². The monoisotopic (exact) mass is 318 g/mol. The second kappa shape index (κ2) is 5.76. The molecule has 2 heterocycles. The Hall–Kier alpha value is -1.81. The number of amides is 1. The lowest BCUT2D eigenvalue weighted by molar-refractivity contribution is -0.148. The first-order chi connectivity index (χ1) is 10.5. The van der Waals surface area contributed by atoms with Crippen LogP contribution in [0.25, 0.3) is 10.9 Å². The van der Waals surface area contributed by atoms with Gasteiger partial charge in [0.1, 0.15) is 6.10 Å². The largest absolute Gasteiger partial charge is 0.471 e. The van der Waals surface area contributed by atoms with E-state index in [2.05, 4.69) is 4.98 Å². The standard InChI is InChI=1S/C17H19ClN2O2/c1-17(2,11-18)16(21)20-9-13(10-20)22-15-8-7-12-5-3-4-6-14(12)19-15/h3-8,13H,9-11H2,1-2H3. The maximum atomic E-state index is 12.2. The lowest BCUT2D eigenvalue weighted by atomic mass is 9.92. The summed E-state index contributed by atoms with van der Waals surface area (Å²) in [5, 5.41) is 1.09. The van der Waals surface area contributed by atoms with E-state index in [1.165, 1.54) is 0 Å². The van der Waals surface area contributed by atoms with Crippen LogP contribution in [0.1, 0.15) is 13.8 Å². The molecule has 1 aliphatic heterocycles. The van der Waals surface area contributed by atoms with E-state index in [0.717, 1.165) is 10.9 Å². The SMILES string of the molecule is CC(C)(CCl)C(=O)N1CC(Oc2ccc3ccccc3n2)C1. The molecule has 2 aromatic rings. The summed E-state index contributed by atoms with van der Waals surface area (Å²) < 4.78 is 5.85. The van der Waals surface area contributed by atoms with Gasteiger partial charge in [-0.1, -0.05) is 18.2 Å². The van der Waals surface area contributed by atoms with Gasteiger partial charge in [0.2, 0.25) is 11.8 Å². The van der Waals surface area contributed by atoms with Crippen LogP contribution >= 0.6 is 11.6 Å². The third kappa shape index (κ3) is 2.88. The van der Waals surface area contributed by atoms with Crippen molar-refractivity contribution in [1.82, 2.24) is 9.88 Å². The summed E-state index contributed by atoms with van der Waals surface area (Å²) in [5.41, 5.74) is 0.392. The van der Waals surface area contributed by atoms with Crippen molar-refractivity contribution >= 4 is 28.4 Å². The highest BCUT2D eigenvalue weighted by molar-refractivity contribution is 6.19. The molecule has 5 heteroatoms. The van der Waals surface area contributed by atoms with E-state index >= 15 is 0 Å². The second-order valence-corrected chi connectivity index (χ2v) is 6.58. The molecule has 3 rings (SSSR count). The summed E-state index contributed by atoms with van der Waals surface area (Å²) in [6, 6.07) is 11.8. The van der Waals surface area contributed by atoms with E-state index in [9.17, 15) is 4.79 Å². The predicted octanol–water partition coefficient (Wildman–Crippen LogP) is 3.09. The normalized spacial score (nSPS) is 15.7. The number of hydrogen-bond acceptors (Lipinski definition) is 3. The number of ether oxygens (including phenoxy) is 1. The van der Waals surface area contributed by atoms with Crippen LogP contribution < -0.4 is 4.74 Å². The van der Waals surface area contributed by atoms with Crippen LogP contribution in [0.3, 0.4) is 0 Å². The zero-order valence-electron chi connectivity index (χ0n) is 12.8. The van der Waals surface area contributed by atoms with E-state index < -0.39 is 5.41 Å². The Morgan fingerprint density at radius 1 is 1.32 bits per heavy atom. The van der Waals surface area contributed by atoms with E-state index in [-0.39, 0.29) is 12.0 Å². The number of pyridine rings is 1. The molecule has 0 unspecified atom stereocenters. The van der Waals surface area contributed by atoms with Crippen molar-refractivity contribution in [2.75, 3.05) is 19.0 Å². The van der Waals surface area contributed by atoms with Gasteiger partial charge in [-0.25, -0.2) is 4.98 Å². The van der Waals surface area contributed by atoms with Crippen LogP contribution in [0.15, 0.2) is 36.4 Å². The Morgan fingerprint density at radius 3 is 2.77 bits per heavy atom. The van der Waals surface area contributed by atoms with Crippen LogP contribution in [-0.2, 0) is 4.79 Å². The first kappa shape index (κ1) is 15.1. The second-order valence-electron chi connectivity index (χ2n) is 6.31. The number of halogens is 1. The quantitative estimate of drug-likeness (QED) is 0.814. The van der Waals surface area contributed by atoms with Gasteiger partial charge >= 0.3 is 0 Å². The molecule has 4 nitrogen and oxygen atoms in total. The Morgan fingerprint density at radius 2 is 2.05 bits per heavy atom. The van der Waals surface area contributed by atoms with E-state index in [1.807, 2.05) is 50.2 Å². The van der Waals surface area contributed by atoms with Gasteiger partial charge in [0, 0.05) is 17.3 Å². The number of alkyl halides is 1. The summed E-state index contributed by atoms with van der Waals surface area (Å²) in [4.78, 5) is 18.5. The van der Waals surface area contributed by atoms with Gasteiger partial charge in [0.05, 0.1) is 24.0 Å². The van der Waals surface area contributed by atoms with Crippen LogP contribution in [0, 0.1) is 5.41 Å². The summed E-state index contributed by atoms with van der Waals surface area (Å²) in [6.07, 6.45) is 0.00346. The molecule has 1 aromatic carbocycles. The minimum absolute atomic E-state index is 0.00346. The van der Waals surface area contributed by atoms with Crippen molar-refractivity contribution in [3.05, 3.63) is 36.4 Å². The number of benzene rings is 1. The smallest absolute Gasteiger partial charge is 0.229 e. The van der Waals surface area contributed by atoms with Gasteiger partial charge in [-0.05, 0) is 26.0 Å². The van der Waals surface area contributed by atoms with Gasteiger partial charge in [-0.15, -0.1) is 11.6 Å². The summed E-state index contributed by atoms with van der Waals surface area (Å²) in [6.45, 7) is 4.91. The van der Waals surface area contributed by atoms with Gasteiger partial charge in [-0.3, -0.25) is 4.79 Å². The molecule has 116 valence electrons. The summed E-state index contributed by atoms with van der Waals surface area (Å²) >= 11 is 5.85. The van der Waals surface area contributed by atoms with Crippen LogP contribution in [0.4, 0.5) is 0 Å². The van der Waals surface area contributed by atoms with Crippen molar-refractivity contribution < 1.29 is 9.53 Å². The lowest BCUT2D eigenvalue weighted by Gasteiger charge is -2.42. The average molecular weight is 319 g/mol. The summed E-state index contributed by atoms with van der Waals surface area (Å²) in [5.74, 6) is 1.00. The average Bonchev–Trinajstić information content (AvgIpc) is 2.49. The zero-order chi connectivity index (χ0) is 15.7. The van der Waals surface area contributed by atoms with Crippen molar-refractivity contribution in [2.24, 2.45) is 5.41 Å². The molecule has 22 heavy (non-hydrogen) atoms. The number of hydrogen-bond donors (Lipinski definition) is 0. The number of aromatic nitrogens is 1. The van der Waals surface area contributed by atoms with Crippen LogP contribution in [0.2, 0.25) is 0 Å². The van der Waals surface area contributed by atoms with Gasteiger partial charge in [0.25, 0.3) is 0 Å². The van der Waals surface area contributed by atoms with Gasteiger partial charge in [0.15, 0.2) is 0 Å². The number of likely N-dealkylation sites (tertiary alicyclic amines) is 1. The van der Waals surface area contributed by atoms with E-state index in [4.69, 9.17) is 16.3 Å². The predicted molar refractivity (Wildman–Crippen MR) is 87.2 cm³/mol. The van der Waals surface area contributed by atoms with E-state index in [0.29, 0.717) is 24.8 Å². The van der Waals surface area contributed by atoms with Crippen molar-refractivity contribution in [1.29, 1.82) is 0 Å². The highest BCUT2D eigenvalue weighted by Gasteiger charge is 2.39. The fourth-order valence-corrected chi connectivity index (χ4v) is 2.56. The van der Waals surface area contributed by atoms with Crippen LogP contribution in [0.5, 0.6) is 5.88 Å². The molecule has 1 aliphatic rings. The highest BCUT2D eigenvalue weighted by Crippen LogP contribution is 2.26. The molecular weight excluding hydrogens is 300 g/mol. The Kier molecular flexibility index (Phi) is 3.96. The van der Waals surface area contributed by atoms with Crippen molar-refractivity contribution in [2.45, 2.75) is 20.0 Å². The molecule has 0 radical (unpaired) electrons. The third-order valence-corrected chi connectivity index (χ3v) is 4.58.